The van der Waals surface area contributed by atoms with Crippen LogP contribution >= 0.6 is 0 Å². The van der Waals surface area contributed by atoms with E-state index in [9.17, 15) is 15.8 Å². The van der Waals surface area contributed by atoms with E-state index in [0.717, 1.165) is 29.7 Å². The molecule has 0 spiro atoms. The van der Waals surface area contributed by atoms with Gasteiger partial charge in [0, 0.05) is 23.7 Å². The second-order valence-electron chi connectivity index (χ2n) is 10.3. The maximum Gasteiger partial charge on any atom is 0.109 e. The van der Waals surface area contributed by atoms with Crippen LogP contribution in [0.2, 0.25) is 0 Å². The van der Waals surface area contributed by atoms with Crippen molar-refractivity contribution in [2.24, 2.45) is 0 Å². The van der Waals surface area contributed by atoms with E-state index in [1.165, 1.54) is 6.20 Å². The molecule has 5 aromatic rings. The van der Waals surface area contributed by atoms with Crippen LogP contribution in [0.3, 0.4) is 0 Å². The van der Waals surface area contributed by atoms with Crippen LogP contribution < -0.4 is 10.6 Å². The number of fused-ring (bicyclic) bond motifs is 1. The van der Waals surface area contributed by atoms with Crippen molar-refractivity contribution < 1.29 is 0 Å². The van der Waals surface area contributed by atoms with Crippen LogP contribution in [0.25, 0.3) is 10.9 Å². The van der Waals surface area contributed by atoms with Gasteiger partial charge < -0.3 is 10.6 Å². The summed E-state index contributed by atoms with van der Waals surface area (Å²) in [7, 11) is 0. The van der Waals surface area contributed by atoms with Gasteiger partial charge in [-0.25, -0.2) is 4.68 Å². The Morgan fingerprint density at radius 2 is 1.60 bits per heavy atom. The summed E-state index contributed by atoms with van der Waals surface area (Å²) in [5.74, 6) is 0. The minimum absolute atomic E-state index is 0.222. The maximum atomic E-state index is 10.1. The van der Waals surface area contributed by atoms with Gasteiger partial charge in [-0.15, -0.1) is 5.10 Å². The molecule has 204 valence electrons. The van der Waals surface area contributed by atoms with Crippen LogP contribution in [-0.2, 0) is 0 Å². The van der Waals surface area contributed by atoms with E-state index in [0.29, 0.717) is 52.3 Å². The predicted molar refractivity (Wildman–Crippen MR) is 159 cm³/mol. The number of aromatic nitrogens is 4. The molecule has 2 heterocycles. The van der Waals surface area contributed by atoms with E-state index >= 15 is 0 Å². The predicted octanol–water partition coefficient (Wildman–Crippen LogP) is 6.56. The molecule has 1 aliphatic rings. The second kappa shape index (κ2) is 11.8. The fraction of sp³-hybridized carbons (Fsp3) is 0.212. The topological polar surface area (TPSA) is 139 Å². The molecule has 9 heteroatoms. The summed E-state index contributed by atoms with van der Waals surface area (Å²) in [5, 5.41) is 46.1. The standard InChI is InChI=1S/C33H27N9/c34-15-7-12-29(22-8-3-1-4-9-22)39-32-25(19-36)20-37-31-24(18-35)16-26(17-28(31)32)38-33(23-10-5-2-6-11-23)30-21-42(41-40-30)27-13-14-27/h1-6,8-11,16-17,20-21,27,29,33,38H,7,12-14H2,(H,37,39). The number of rotatable bonds is 10. The van der Waals surface area contributed by atoms with Crippen molar-refractivity contribution in [2.75, 3.05) is 10.6 Å². The number of nitrogens with zero attached hydrogens (tertiary/aromatic N) is 7. The number of hydrogen-bond acceptors (Lipinski definition) is 8. The summed E-state index contributed by atoms with van der Waals surface area (Å²) in [6.45, 7) is 0. The van der Waals surface area contributed by atoms with Crippen molar-refractivity contribution in [2.45, 2.75) is 43.8 Å². The van der Waals surface area contributed by atoms with Crippen molar-refractivity contribution in [3.8, 4) is 18.2 Å². The van der Waals surface area contributed by atoms with Crippen LogP contribution in [-0.4, -0.2) is 20.0 Å². The highest BCUT2D eigenvalue weighted by Gasteiger charge is 2.27. The van der Waals surface area contributed by atoms with E-state index in [4.69, 9.17) is 0 Å². The average molecular weight is 550 g/mol. The third-order valence-corrected chi connectivity index (χ3v) is 7.47. The molecule has 0 amide bonds. The van der Waals surface area contributed by atoms with Crippen molar-refractivity contribution in [3.05, 3.63) is 113 Å². The lowest BCUT2D eigenvalue weighted by Crippen LogP contribution is -2.14. The third kappa shape index (κ3) is 5.47. The van der Waals surface area contributed by atoms with Gasteiger partial charge in [-0.3, -0.25) is 4.98 Å². The van der Waals surface area contributed by atoms with E-state index in [2.05, 4.69) is 44.1 Å². The monoisotopic (exact) mass is 549 g/mol. The molecular weight excluding hydrogens is 522 g/mol. The molecule has 1 fully saturated rings. The van der Waals surface area contributed by atoms with Gasteiger partial charge in [0.25, 0.3) is 0 Å². The lowest BCUT2D eigenvalue weighted by molar-refractivity contribution is 0.610. The molecular formula is C33H27N9. The average Bonchev–Trinajstić information content (AvgIpc) is 3.78. The molecule has 0 saturated heterocycles. The van der Waals surface area contributed by atoms with Crippen LogP contribution in [0.15, 0.2) is 85.2 Å². The van der Waals surface area contributed by atoms with Gasteiger partial charge >= 0.3 is 0 Å². The number of nitriles is 3. The Morgan fingerprint density at radius 3 is 2.26 bits per heavy atom. The van der Waals surface area contributed by atoms with Gasteiger partial charge in [0.15, 0.2) is 0 Å². The van der Waals surface area contributed by atoms with Gasteiger partial charge in [0.1, 0.15) is 17.8 Å². The van der Waals surface area contributed by atoms with E-state index in [-0.39, 0.29) is 12.1 Å². The molecule has 0 aliphatic heterocycles. The van der Waals surface area contributed by atoms with E-state index in [1.807, 2.05) is 77.6 Å². The molecule has 3 aromatic carbocycles. The van der Waals surface area contributed by atoms with Crippen LogP contribution in [0.1, 0.15) is 71.8 Å². The Labute approximate surface area is 243 Å². The molecule has 1 aliphatic carbocycles. The smallest absolute Gasteiger partial charge is 0.109 e. The highest BCUT2D eigenvalue weighted by atomic mass is 15.4. The Morgan fingerprint density at radius 1 is 0.881 bits per heavy atom. The largest absolute Gasteiger partial charge is 0.377 e. The molecule has 0 radical (unpaired) electrons. The highest BCUT2D eigenvalue weighted by molar-refractivity contribution is 5.99. The van der Waals surface area contributed by atoms with Gasteiger partial charge in [-0.05, 0) is 42.5 Å². The molecule has 2 aromatic heterocycles. The molecule has 6 rings (SSSR count). The lowest BCUT2D eigenvalue weighted by atomic mass is 9.99. The Balaban J connectivity index is 1.45. The zero-order valence-corrected chi connectivity index (χ0v) is 22.8. The number of hydrogen-bond donors (Lipinski definition) is 2. The van der Waals surface area contributed by atoms with Gasteiger partial charge in [-0.2, -0.15) is 15.8 Å². The van der Waals surface area contributed by atoms with Crippen molar-refractivity contribution in [1.82, 2.24) is 20.0 Å². The molecule has 9 nitrogen and oxygen atoms in total. The number of pyridine rings is 1. The van der Waals surface area contributed by atoms with Crippen molar-refractivity contribution >= 4 is 22.3 Å². The Hall–Kier alpha value is -5.72. The van der Waals surface area contributed by atoms with Crippen LogP contribution in [0.5, 0.6) is 0 Å². The molecule has 2 atom stereocenters. The minimum Gasteiger partial charge on any atom is -0.377 e. The summed E-state index contributed by atoms with van der Waals surface area (Å²) in [4.78, 5) is 4.50. The van der Waals surface area contributed by atoms with Crippen molar-refractivity contribution in [3.63, 3.8) is 0 Å². The first kappa shape index (κ1) is 26.5. The maximum absolute atomic E-state index is 10.1. The molecule has 1 saturated carbocycles. The Kier molecular flexibility index (Phi) is 7.44. The third-order valence-electron chi connectivity index (χ3n) is 7.47. The first-order chi connectivity index (χ1) is 20.7. The number of nitrogens with one attached hydrogen (secondary N) is 2. The van der Waals surface area contributed by atoms with E-state index < -0.39 is 0 Å². The van der Waals surface area contributed by atoms with Gasteiger partial charge in [0.2, 0.25) is 0 Å². The summed E-state index contributed by atoms with van der Waals surface area (Å²) in [5.41, 5.74) is 5.26. The second-order valence-corrected chi connectivity index (χ2v) is 10.3. The quantitative estimate of drug-likeness (QED) is 0.200. The molecule has 2 unspecified atom stereocenters. The zero-order chi connectivity index (χ0) is 28.9. The summed E-state index contributed by atoms with van der Waals surface area (Å²) < 4.78 is 1.92. The summed E-state index contributed by atoms with van der Waals surface area (Å²) in [6.07, 6.45) is 6.57. The summed E-state index contributed by atoms with van der Waals surface area (Å²) in [6, 6.07) is 30.1. The normalized spacial score (nSPS) is 13.8. The first-order valence-corrected chi connectivity index (χ1v) is 13.9. The van der Waals surface area contributed by atoms with Crippen LogP contribution in [0, 0.1) is 34.0 Å². The number of benzene rings is 3. The summed E-state index contributed by atoms with van der Waals surface area (Å²) >= 11 is 0. The number of anilines is 2. The minimum atomic E-state index is -0.320. The van der Waals surface area contributed by atoms with Crippen LogP contribution in [0.4, 0.5) is 11.4 Å². The lowest BCUT2D eigenvalue weighted by Gasteiger charge is -2.23. The first-order valence-electron chi connectivity index (χ1n) is 13.9. The molecule has 0 bridgehead atoms. The SMILES string of the molecule is N#CCCC(Nc1c(C#N)cnc2c(C#N)cc(NC(c3ccccc3)c3cn(C4CC4)nn3)cc12)c1ccccc1. The highest BCUT2D eigenvalue weighted by Crippen LogP contribution is 2.37. The zero-order valence-electron chi connectivity index (χ0n) is 22.8. The van der Waals surface area contributed by atoms with E-state index in [1.54, 1.807) is 6.07 Å². The van der Waals surface area contributed by atoms with Gasteiger partial charge in [0.05, 0.1) is 52.7 Å². The fourth-order valence-corrected chi connectivity index (χ4v) is 5.18. The Bertz CT molecular complexity index is 1840. The molecule has 42 heavy (non-hydrogen) atoms. The fourth-order valence-electron chi connectivity index (χ4n) is 5.18. The van der Waals surface area contributed by atoms with Gasteiger partial charge in [-0.1, -0.05) is 65.9 Å². The molecule has 2 N–H and O–H groups in total. The van der Waals surface area contributed by atoms with Crippen molar-refractivity contribution in [1.29, 1.82) is 15.8 Å².